The van der Waals surface area contributed by atoms with Crippen molar-refractivity contribution in [3.63, 3.8) is 0 Å². The molecule has 7 nitrogen and oxygen atoms in total. The third-order valence-corrected chi connectivity index (χ3v) is 4.04. The minimum Gasteiger partial charge on any atom is -0.457 e. The molecule has 0 atom stereocenters. The van der Waals surface area contributed by atoms with Gasteiger partial charge < -0.3 is 20.7 Å². The lowest BCUT2D eigenvalue weighted by atomic mass is 10.2. The Balaban J connectivity index is 1.62. The summed E-state index contributed by atoms with van der Waals surface area (Å²) in [5, 5.41) is 18.1. The molecule has 0 aliphatic heterocycles. The number of thiocarbonyl (C=S) groups is 1. The molecule has 0 radical (unpaired) electrons. The van der Waals surface area contributed by atoms with Crippen LogP contribution in [0.25, 0.3) is 0 Å². The molecule has 3 rings (SSSR count). The van der Waals surface area contributed by atoms with E-state index in [1.165, 1.54) is 6.20 Å². The van der Waals surface area contributed by atoms with Gasteiger partial charge in [0.15, 0.2) is 5.11 Å². The molecule has 8 heteroatoms. The first kappa shape index (κ1) is 19.8. The summed E-state index contributed by atoms with van der Waals surface area (Å²) >= 11 is 5.31. The van der Waals surface area contributed by atoms with E-state index in [4.69, 9.17) is 22.2 Å². The van der Waals surface area contributed by atoms with Crippen molar-refractivity contribution >= 4 is 34.6 Å². The van der Waals surface area contributed by atoms with Crippen molar-refractivity contribution in [2.45, 2.75) is 0 Å². The number of para-hydroxylation sites is 1. The number of pyridine rings is 1. The van der Waals surface area contributed by atoms with E-state index in [2.05, 4.69) is 27.0 Å². The SMILES string of the molecule is CNC(=O)c1cc(Oc2ccc(NC(=S)Nc3ccccc3C#N)cc2)ccn1. The van der Waals surface area contributed by atoms with Crippen molar-refractivity contribution in [1.29, 1.82) is 5.26 Å². The Morgan fingerprint density at radius 3 is 2.55 bits per heavy atom. The second-order valence-corrected chi connectivity index (χ2v) is 6.23. The highest BCUT2D eigenvalue weighted by molar-refractivity contribution is 7.80. The topological polar surface area (TPSA) is 99.1 Å². The van der Waals surface area contributed by atoms with Crippen LogP contribution < -0.4 is 20.7 Å². The molecule has 3 aromatic rings. The van der Waals surface area contributed by atoms with Crippen molar-refractivity contribution in [3.8, 4) is 17.6 Å². The normalized spacial score (nSPS) is 9.79. The Morgan fingerprint density at radius 1 is 1.07 bits per heavy atom. The largest absolute Gasteiger partial charge is 0.457 e. The van der Waals surface area contributed by atoms with Gasteiger partial charge in [0.05, 0.1) is 11.3 Å². The van der Waals surface area contributed by atoms with E-state index in [1.54, 1.807) is 61.6 Å². The van der Waals surface area contributed by atoms with Gasteiger partial charge in [-0.05, 0) is 54.7 Å². The summed E-state index contributed by atoms with van der Waals surface area (Å²) in [7, 11) is 1.54. The van der Waals surface area contributed by atoms with E-state index in [1.807, 2.05) is 6.07 Å². The molecule has 2 aromatic carbocycles. The Kier molecular flexibility index (Phi) is 6.35. The van der Waals surface area contributed by atoms with Crippen LogP contribution in [0, 0.1) is 11.3 Å². The number of hydrogen-bond acceptors (Lipinski definition) is 5. The number of nitrogens with zero attached hydrogens (tertiary/aromatic N) is 2. The van der Waals surface area contributed by atoms with Crippen molar-refractivity contribution in [2.24, 2.45) is 0 Å². The molecule has 0 saturated carbocycles. The molecule has 1 aromatic heterocycles. The van der Waals surface area contributed by atoms with E-state index >= 15 is 0 Å². The first-order chi connectivity index (χ1) is 14.1. The summed E-state index contributed by atoms with van der Waals surface area (Å²) < 4.78 is 5.77. The average Bonchev–Trinajstić information content (AvgIpc) is 2.75. The van der Waals surface area contributed by atoms with Gasteiger partial charge in [-0.15, -0.1) is 0 Å². The fraction of sp³-hybridized carbons (Fsp3) is 0.0476. The Morgan fingerprint density at radius 2 is 1.83 bits per heavy atom. The van der Waals surface area contributed by atoms with Gasteiger partial charge in [0, 0.05) is 25.0 Å². The maximum Gasteiger partial charge on any atom is 0.269 e. The number of anilines is 2. The smallest absolute Gasteiger partial charge is 0.269 e. The quantitative estimate of drug-likeness (QED) is 0.555. The summed E-state index contributed by atoms with van der Waals surface area (Å²) in [5.41, 5.74) is 2.17. The maximum absolute atomic E-state index is 11.7. The number of ether oxygens (including phenoxy) is 1. The van der Waals surface area contributed by atoms with Crippen LogP contribution in [-0.4, -0.2) is 23.1 Å². The highest BCUT2D eigenvalue weighted by atomic mass is 32.1. The van der Waals surface area contributed by atoms with Crippen molar-refractivity contribution in [2.75, 3.05) is 17.7 Å². The number of rotatable bonds is 5. The molecule has 144 valence electrons. The number of carbonyl (C=O) groups is 1. The zero-order valence-corrected chi connectivity index (χ0v) is 16.3. The third-order valence-electron chi connectivity index (χ3n) is 3.83. The summed E-state index contributed by atoms with van der Waals surface area (Å²) in [6, 6.07) is 19.6. The van der Waals surface area contributed by atoms with E-state index in [-0.39, 0.29) is 11.6 Å². The molecule has 0 aliphatic carbocycles. The number of aromatic nitrogens is 1. The first-order valence-corrected chi connectivity index (χ1v) is 9.03. The molecular formula is C21H17N5O2S. The summed E-state index contributed by atoms with van der Waals surface area (Å²) in [6.07, 6.45) is 1.51. The van der Waals surface area contributed by atoms with Gasteiger partial charge in [0.25, 0.3) is 5.91 Å². The molecular weight excluding hydrogens is 386 g/mol. The van der Waals surface area contributed by atoms with Crippen molar-refractivity contribution < 1.29 is 9.53 Å². The van der Waals surface area contributed by atoms with Gasteiger partial charge in [-0.1, -0.05) is 12.1 Å². The van der Waals surface area contributed by atoms with Crippen LogP contribution in [0.3, 0.4) is 0 Å². The Labute approximate surface area is 173 Å². The zero-order chi connectivity index (χ0) is 20.6. The van der Waals surface area contributed by atoms with Crippen LogP contribution in [0.15, 0.2) is 66.9 Å². The van der Waals surface area contributed by atoms with Gasteiger partial charge in [-0.25, -0.2) is 0 Å². The molecule has 0 aliphatic rings. The molecule has 0 fully saturated rings. The van der Waals surface area contributed by atoms with Crippen molar-refractivity contribution in [3.05, 3.63) is 78.1 Å². The van der Waals surface area contributed by atoms with Gasteiger partial charge in [0.2, 0.25) is 0 Å². The van der Waals surface area contributed by atoms with Gasteiger partial charge in [-0.3, -0.25) is 9.78 Å². The van der Waals surface area contributed by atoms with Crippen LogP contribution in [0.2, 0.25) is 0 Å². The van der Waals surface area contributed by atoms with E-state index in [0.29, 0.717) is 27.9 Å². The predicted molar refractivity (Wildman–Crippen MR) is 115 cm³/mol. The van der Waals surface area contributed by atoms with E-state index in [0.717, 1.165) is 5.69 Å². The van der Waals surface area contributed by atoms with Crippen LogP contribution >= 0.6 is 12.2 Å². The van der Waals surface area contributed by atoms with Gasteiger partial charge in [-0.2, -0.15) is 5.26 Å². The second kappa shape index (κ2) is 9.30. The van der Waals surface area contributed by atoms with Crippen LogP contribution in [0.4, 0.5) is 11.4 Å². The number of nitriles is 1. The van der Waals surface area contributed by atoms with Crippen molar-refractivity contribution in [1.82, 2.24) is 10.3 Å². The maximum atomic E-state index is 11.7. The second-order valence-electron chi connectivity index (χ2n) is 5.82. The van der Waals surface area contributed by atoms with Crippen LogP contribution in [0.1, 0.15) is 16.1 Å². The van der Waals surface area contributed by atoms with Crippen LogP contribution in [0.5, 0.6) is 11.5 Å². The molecule has 0 saturated heterocycles. The number of hydrogen-bond donors (Lipinski definition) is 3. The minimum absolute atomic E-state index is 0.275. The van der Waals surface area contributed by atoms with E-state index < -0.39 is 0 Å². The average molecular weight is 403 g/mol. The first-order valence-electron chi connectivity index (χ1n) is 8.62. The molecule has 1 amide bonds. The zero-order valence-electron chi connectivity index (χ0n) is 15.5. The monoisotopic (exact) mass is 403 g/mol. The highest BCUT2D eigenvalue weighted by Gasteiger charge is 2.07. The standard InChI is InChI=1S/C21H17N5O2S/c1-23-20(27)19-12-17(10-11-24-19)28-16-8-6-15(7-9-16)25-21(29)26-18-5-3-2-4-14(18)13-22/h2-12H,1H3,(H,23,27)(H2,25,26,29). The number of benzene rings is 2. The molecule has 0 bridgehead atoms. The lowest BCUT2D eigenvalue weighted by Gasteiger charge is -2.12. The highest BCUT2D eigenvalue weighted by Crippen LogP contribution is 2.23. The molecule has 1 heterocycles. The summed E-state index contributed by atoms with van der Waals surface area (Å²) in [4.78, 5) is 15.7. The lowest BCUT2D eigenvalue weighted by Crippen LogP contribution is -2.19. The molecule has 0 unspecified atom stereocenters. The van der Waals surface area contributed by atoms with Gasteiger partial charge >= 0.3 is 0 Å². The summed E-state index contributed by atoms with van der Waals surface area (Å²) in [5.74, 6) is 0.817. The Bertz CT molecular complexity index is 1080. The fourth-order valence-electron chi connectivity index (χ4n) is 2.44. The van der Waals surface area contributed by atoms with Crippen LogP contribution in [-0.2, 0) is 0 Å². The summed E-state index contributed by atoms with van der Waals surface area (Å²) in [6.45, 7) is 0. The number of carbonyl (C=O) groups excluding carboxylic acids is 1. The molecule has 29 heavy (non-hydrogen) atoms. The molecule has 3 N–H and O–H groups in total. The predicted octanol–water partition coefficient (Wildman–Crippen LogP) is 3.91. The minimum atomic E-state index is -0.283. The van der Waals surface area contributed by atoms with E-state index in [9.17, 15) is 4.79 Å². The molecule has 0 spiro atoms. The number of amides is 1. The fourth-order valence-corrected chi connectivity index (χ4v) is 2.67. The van der Waals surface area contributed by atoms with Gasteiger partial charge in [0.1, 0.15) is 23.3 Å². The lowest BCUT2D eigenvalue weighted by molar-refractivity contribution is 0.0958. The number of nitrogens with one attached hydrogen (secondary N) is 3. The third kappa shape index (κ3) is 5.28. The Hall–Kier alpha value is -3.96.